The van der Waals surface area contributed by atoms with Crippen molar-refractivity contribution in [3.05, 3.63) is 60.9 Å². The first kappa shape index (κ1) is 15.8. The van der Waals surface area contributed by atoms with Crippen LogP contribution in [0.3, 0.4) is 0 Å². The summed E-state index contributed by atoms with van der Waals surface area (Å²) in [7, 11) is 0. The molecule has 2 aromatic heterocycles. The van der Waals surface area contributed by atoms with Gasteiger partial charge in [0, 0.05) is 15.1 Å². The highest BCUT2D eigenvalue weighted by molar-refractivity contribution is 9.10. The summed E-state index contributed by atoms with van der Waals surface area (Å²) in [6.45, 7) is 4.01. The second-order valence-electron chi connectivity index (χ2n) is 5.10. The van der Waals surface area contributed by atoms with Crippen molar-refractivity contribution in [1.29, 1.82) is 0 Å². The summed E-state index contributed by atoms with van der Waals surface area (Å²) in [5.41, 5.74) is 2.28. The fourth-order valence-electron chi connectivity index (χ4n) is 2.26. The van der Waals surface area contributed by atoms with Gasteiger partial charge in [0.05, 0.1) is 11.1 Å². The zero-order valence-electron chi connectivity index (χ0n) is 12.3. The number of hydrogen-bond acceptors (Lipinski definition) is 4. The predicted molar refractivity (Wildman–Crippen MR) is 98.9 cm³/mol. The van der Waals surface area contributed by atoms with Crippen LogP contribution >= 0.6 is 39.0 Å². The minimum atomic E-state index is -0.0232. The van der Waals surface area contributed by atoms with Gasteiger partial charge in [-0.05, 0) is 37.1 Å². The molecule has 0 fully saturated rings. The maximum Gasteiger partial charge on any atom is 0.259 e. The molecule has 0 saturated heterocycles. The van der Waals surface area contributed by atoms with Crippen molar-refractivity contribution >= 4 is 49.2 Å². The molecule has 0 amide bonds. The van der Waals surface area contributed by atoms with Gasteiger partial charge < -0.3 is 4.98 Å². The molecular weight excluding hydrogens is 380 g/mol. The summed E-state index contributed by atoms with van der Waals surface area (Å²) in [6.07, 6.45) is 0. The second kappa shape index (κ2) is 6.56. The quantitative estimate of drug-likeness (QED) is 0.691. The monoisotopic (exact) mass is 394 g/mol. The molecule has 3 nitrogen and oxygen atoms in total. The van der Waals surface area contributed by atoms with E-state index >= 15 is 0 Å². The van der Waals surface area contributed by atoms with Crippen LogP contribution in [0.2, 0.25) is 0 Å². The standard InChI is InChI=1S/C16H15BrN2OS2/c1-9-10(2)22-16-14(9)15(20)18-13(19-16)8-21-7-11-4-3-5-12(17)6-11/h3-6H,7-8H2,1-2H3,(H,18,19,20). The van der Waals surface area contributed by atoms with Gasteiger partial charge in [0.25, 0.3) is 5.56 Å². The molecule has 0 bridgehead atoms. The van der Waals surface area contributed by atoms with Gasteiger partial charge in [-0.15, -0.1) is 23.1 Å². The van der Waals surface area contributed by atoms with E-state index in [4.69, 9.17) is 0 Å². The predicted octanol–water partition coefficient (Wildman–Crippen LogP) is 4.80. The third-order valence-electron chi connectivity index (χ3n) is 3.48. The molecule has 2 heterocycles. The smallest absolute Gasteiger partial charge is 0.259 e. The number of H-pyrrole nitrogens is 1. The Morgan fingerprint density at radius 3 is 2.91 bits per heavy atom. The molecule has 0 atom stereocenters. The van der Waals surface area contributed by atoms with Crippen LogP contribution in [0, 0.1) is 13.8 Å². The number of aromatic nitrogens is 2. The Hall–Kier alpha value is -1.11. The number of nitrogens with zero attached hydrogens (tertiary/aromatic N) is 1. The molecule has 0 aliphatic carbocycles. The number of nitrogens with one attached hydrogen (secondary N) is 1. The van der Waals surface area contributed by atoms with Gasteiger partial charge in [-0.3, -0.25) is 4.79 Å². The Labute approximate surface area is 145 Å². The lowest BCUT2D eigenvalue weighted by atomic mass is 10.2. The molecule has 1 N–H and O–H groups in total. The maximum atomic E-state index is 12.2. The molecule has 3 aromatic rings. The van der Waals surface area contributed by atoms with Gasteiger partial charge in [-0.25, -0.2) is 4.98 Å². The number of thiophene rings is 1. The average Bonchev–Trinajstić information content (AvgIpc) is 2.74. The molecule has 0 radical (unpaired) electrons. The van der Waals surface area contributed by atoms with Gasteiger partial charge in [-0.1, -0.05) is 28.1 Å². The molecule has 114 valence electrons. The third-order valence-corrected chi connectivity index (χ3v) is 6.09. The number of thioether (sulfide) groups is 1. The summed E-state index contributed by atoms with van der Waals surface area (Å²) in [6, 6.07) is 8.26. The zero-order chi connectivity index (χ0) is 15.7. The number of rotatable bonds is 4. The average molecular weight is 395 g/mol. The summed E-state index contributed by atoms with van der Waals surface area (Å²) >= 11 is 6.82. The van der Waals surface area contributed by atoms with E-state index in [1.165, 1.54) is 5.56 Å². The van der Waals surface area contributed by atoms with E-state index in [0.29, 0.717) is 5.75 Å². The van der Waals surface area contributed by atoms with Crippen LogP contribution in [-0.4, -0.2) is 9.97 Å². The molecule has 0 aliphatic rings. The van der Waals surface area contributed by atoms with Crippen LogP contribution in [0.5, 0.6) is 0 Å². The van der Waals surface area contributed by atoms with Crippen molar-refractivity contribution < 1.29 is 0 Å². The van der Waals surface area contributed by atoms with E-state index in [0.717, 1.165) is 36.7 Å². The third kappa shape index (κ3) is 3.29. The topological polar surface area (TPSA) is 45.8 Å². The number of benzene rings is 1. The van der Waals surface area contributed by atoms with Gasteiger partial charge >= 0.3 is 0 Å². The normalized spacial score (nSPS) is 11.2. The fraction of sp³-hybridized carbons (Fsp3) is 0.250. The van der Waals surface area contributed by atoms with Crippen LogP contribution in [0.25, 0.3) is 10.2 Å². The fourth-order valence-corrected chi connectivity index (χ4v) is 4.60. The lowest BCUT2D eigenvalue weighted by molar-refractivity contribution is 1.04. The van der Waals surface area contributed by atoms with Crippen LogP contribution in [0.4, 0.5) is 0 Å². The number of hydrogen-bond donors (Lipinski definition) is 1. The molecule has 0 aliphatic heterocycles. The largest absolute Gasteiger partial charge is 0.309 e. The number of halogens is 1. The Morgan fingerprint density at radius 2 is 2.14 bits per heavy atom. The summed E-state index contributed by atoms with van der Waals surface area (Å²) in [5.74, 6) is 2.34. The second-order valence-corrected chi connectivity index (χ2v) is 8.20. The van der Waals surface area contributed by atoms with E-state index in [-0.39, 0.29) is 5.56 Å². The van der Waals surface area contributed by atoms with Gasteiger partial charge in [0.1, 0.15) is 10.7 Å². The summed E-state index contributed by atoms with van der Waals surface area (Å²) < 4.78 is 1.09. The highest BCUT2D eigenvalue weighted by atomic mass is 79.9. The SMILES string of the molecule is Cc1sc2nc(CSCc3cccc(Br)c3)[nH]c(=O)c2c1C. The van der Waals surface area contributed by atoms with Crippen molar-refractivity contribution in [1.82, 2.24) is 9.97 Å². The first-order chi connectivity index (χ1) is 10.5. The van der Waals surface area contributed by atoms with Crippen molar-refractivity contribution in [2.24, 2.45) is 0 Å². The van der Waals surface area contributed by atoms with Crippen LogP contribution in [0.1, 0.15) is 21.8 Å². The minimum absolute atomic E-state index is 0.0232. The Bertz CT molecular complexity index is 885. The van der Waals surface area contributed by atoms with E-state index in [1.54, 1.807) is 23.1 Å². The number of aryl methyl sites for hydroxylation is 2. The first-order valence-corrected chi connectivity index (χ1v) is 9.62. The first-order valence-electron chi connectivity index (χ1n) is 6.85. The number of fused-ring (bicyclic) bond motifs is 1. The highest BCUT2D eigenvalue weighted by Gasteiger charge is 2.11. The molecule has 0 spiro atoms. The van der Waals surface area contributed by atoms with E-state index in [9.17, 15) is 4.79 Å². The van der Waals surface area contributed by atoms with Gasteiger partial charge in [0.2, 0.25) is 0 Å². The van der Waals surface area contributed by atoms with Crippen molar-refractivity contribution in [2.75, 3.05) is 0 Å². The van der Waals surface area contributed by atoms with Crippen molar-refractivity contribution in [2.45, 2.75) is 25.4 Å². The molecule has 22 heavy (non-hydrogen) atoms. The van der Waals surface area contributed by atoms with E-state index < -0.39 is 0 Å². The molecule has 6 heteroatoms. The van der Waals surface area contributed by atoms with Gasteiger partial charge in [0.15, 0.2) is 0 Å². The summed E-state index contributed by atoms with van der Waals surface area (Å²) in [4.78, 5) is 21.7. The van der Waals surface area contributed by atoms with Crippen LogP contribution < -0.4 is 5.56 Å². The van der Waals surface area contributed by atoms with Gasteiger partial charge in [-0.2, -0.15) is 0 Å². The zero-order valence-corrected chi connectivity index (χ0v) is 15.5. The Balaban J connectivity index is 1.76. The van der Waals surface area contributed by atoms with Crippen molar-refractivity contribution in [3.63, 3.8) is 0 Å². The molecule has 1 aromatic carbocycles. The molecule has 0 saturated carbocycles. The van der Waals surface area contributed by atoms with Crippen LogP contribution in [-0.2, 0) is 11.5 Å². The molecule has 0 unspecified atom stereocenters. The Kier molecular flexibility index (Phi) is 4.70. The Morgan fingerprint density at radius 1 is 1.32 bits per heavy atom. The van der Waals surface area contributed by atoms with Crippen molar-refractivity contribution in [3.8, 4) is 0 Å². The van der Waals surface area contributed by atoms with Crippen LogP contribution in [0.15, 0.2) is 33.5 Å². The molecule has 3 rings (SSSR count). The maximum absolute atomic E-state index is 12.2. The van der Waals surface area contributed by atoms with E-state index in [2.05, 4.69) is 38.0 Å². The highest BCUT2D eigenvalue weighted by Crippen LogP contribution is 2.26. The summed E-state index contributed by atoms with van der Waals surface area (Å²) in [5, 5.41) is 0.739. The van der Waals surface area contributed by atoms with E-state index in [1.807, 2.05) is 26.0 Å². The number of aromatic amines is 1. The lowest BCUT2D eigenvalue weighted by Gasteiger charge is -2.03. The lowest BCUT2D eigenvalue weighted by Crippen LogP contribution is -2.10. The minimum Gasteiger partial charge on any atom is -0.309 e. The molecular formula is C16H15BrN2OS2.